The van der Waals surface area contributed by atoms with Crippen LogP contribution in [0.25, 0.3) is 0 Å². The maximum Gasteiger partial charge on any atom is 0.0399 e. The Morgan fingerprint density at radius 1 is 1.33 bits per heavy atom. The molecule has 1 atom stereocenters. The van der Waals surface area contributed by atoms with Crippen molar-refractivity contribution in [2.75, 3.05) is 24.5 Å². The lowest BCUT2D eigenvalue weighted by Crippen LogP contribution is -2.60. The van der Waals surface area contributed by atoms with E-state index < -0.39 is 0 Å². The van der Waals surface area contributed by atoms with E-state index in [1.807, 2.05) is 0 Å². The van der Waals surface area contributed by atoms with E-state index in [2.05, 4.69) is 48.3 Å². The molecule has 1 aliphatic carbocycles. The van der Waals surface area contributed by atoms with Gasteiger partial charge in [0.05, 0.1) is 0 Å². The van der Waals surface area contributed by atoms with Crippen LogP contribution in [0.1, 0.15) is 32.3 Å². The molecule has 3 rings (SSSR count). The number of rotatable bonds is 3. The van der Waals surface area contributed by atoms with Gasteiger partial charge in [0, 0.05) is 30.9 Å². The van der Waals surface area contributed by atoms with Gasteiger partial charge in [0.2, 0.25) is 0 Å². The zero-order chi connectivity index (χ0) is 12.6. The number of aryl methyl sites for hydroxylation is 1. The molecule has 2 heteroatoms. The van der Waals surface area contributed by atoms with Crippen molar-refractivity contribution in [2.45, 2.75) is 38.6 Å². The molecule has 0 bridgehead atoms. The van der Waals surface area contributed by atoms with Crippen molar-refractivity contribution in [3.05, 3.63) is 29.8 Å². The molecule has 1 heterocycles. The highest BCUT2D eigenvalue weighted by molar-refractivity contribution is 5.54. The van der Waals surface area contributed by atoms with E-state index in [0.717, 1.165) is 32.0 Å². The number of nitrogens with one attached hydrogen (secondary N) is 1. The molecule has 1 aliphatic heterocycles. The van der Waals surface area contributed by atoms with E-state index >= 15 is 0 Å². The molecule has 0 aromatic heterocycles. The number of benzene rings is 1. The predicted octanol–water partition coefficient (Wildman–Crippen LogP) is 2.83. The molecule has 1 N–H and O–H groups in total. The van der Waals surface area contributed by atoms with Crippen LogP contribution >= 0.6 is 0 Å². The Morgan fingerprint density at radius 2 is 2.11 bits per heavy atom. The van der Waals surface area contributed by atoms with Crippen LogP contribution in [0.15, 0.2) is 24.3 Å². The average Bonchev–Trinajstić information content (AvgIpc) is 3.23. The molecule has 98 valence electrons. The van der Waals surface area contributed by atoms with Gasteiger partial charge in [-0.05, 0) is 43.7 Å². The van der Waals surface area contributed by atoms with E-state index in [1.54, 1.807) is 0 Å². The van der Waals surface area contributed by atoms with Gasteiger partial charge in [-0.2, -0.15) is 0 Å². The first-order chi connectivity index (χ1) is 8.73. The molecular formula is C16H24N2. The third-order valence-corrected chi connectivity index (χ3v) is 4.62. The number of hydrogen-bond donors (Lipinski definition) is 1. The highest BCUT2D eigenvalue weighted by Gasteiger charge is 2.44. The van der Waals surface area contributed by atoms with Crippen molar-refractivity contribution >= 4 is 5.69 Å². The molecule has 0 spiro atoms. The van der Waals surface area contributed by atoms with Gasteiger partial charge in [0.1, 0.15) is 0 Å². The topological polar surface area (TPSA) is 15.3 Å². The number of para-hydroxylation sites is 1. The largest absolute Gasteiger partial charge is 0.368 e. The standard InChI is InChI=1S/C16H24N2/c1-3-13-6-4-5-7-15(13)18-11-10-17-16(2,12-18)14-8-9-14/h4-7,14,17H,3,8-12H2,1-2H3. The lowest BCUT2D eigenvalue weighted by molar-refractivity contribution is 0.285. The quantitative estimate of drug-likeness (QED) is 0.879. The normalized spacial score (nSPS) is 28.4. The predicted molar refractivity (Wildman–Crippen MR) is 77.2 cm³/mol. The molecule has 1 unspecified atom stereocenters. The van der Waals surface area contributed by atoms with Crippen molar-refractivity contribution < 1.29 is 0 Å². The summed E-state index contributed by atoms with van der Waals surface area (Å²) in [5.74, 6) is 0.897. The Bertz CT molecular complexity index is 425. The summed E-state index contributed by atoms with van der Waals surface area (Å²) in [4.78, 5) is 2.59. The summed E-state index contributed by atoms with van der Waals surface area (Å²) >= 11 is 0. The maximum absolute atomic E-state index is 3.75. The summed E-state index contributed by atoms with van der Waals surface area (Å²) in [5, 5.41) is 3.75. The van der Waals surface area contributed by atoms with Crippen molar-refractivity contribution in [3.8, 4) is 0 Å². The number of nitrogens with zero attached hydrogens (tertiary/aromatic N) is 1. The third kappa shape index (κ3) is 2.14. The summed E-state index contributed by atoms with van der Waals surface area (Å²) in [7, 11) is 0. The van der Waals surface area contributed by atoms with Gasteiger partial charge in [-0.25, -0.2) is 0 Å². The smallest absolute Gasteiger partial charge is 0.0399 e. The highest BCUT2D eigenvalue weighted by atomic mass is 15.2. The van der Waals surface area contributed by atoms with E-state index in [-0.39, 0.29) is 0 Å². The van der Waals surface area contributed by atoms with Crippen molar-refractivity contribution in [1.29, 1.82) is 0 Å². The summed E-state index contributed by atoms with van der Waals surface area (Å²) < 4.78 is 0. The molecular weight excluding hydrogens is 220 g/mol. The summed E-state index contributed by atoms with van der Waals surface area (Å²) in [6, 6.07) is 8.89. The first-order valence-electron chi connectivity index (χ1n) is 7.31. The fourth-order valence-corrected chi connectivity index (χ4v) is 3.33. The number of piperazine rings is 1. The minimum Gasteiger partial charge on any atom is -0.368 e. The number of hydrogen-bond acceptors (Lipinski definition) is 2. The molecule has 2 fully saturated rings. The minimum absolute atomic E-state index is 0.332. The summed E-state index contributed by atoms with van der Waals surface area (Å²) in [6.07, 6.45) is 3.94. The maximum atomic E-state index is 3.75. The second kappa shape index (κ2) is 4.58. The Kier molecular flexibility index (Phi) is 3.06. The molecule has 1 aromatic carbocycles. The zero-order valence-electron chi connectivity index (χ0n) is 11.6. The lowest BCUT2D eigenvalue weighted by Gasteiger charge is -2.43. The van der Waals surface area contributed by atoms with Gasteiger partial charge in [0.15, 0.2) is 0 Å². The van der Waals surface area contributed by atoms with Crippen LogP contribution in [0.3, 0.4) is 0 Å². The average molecular weight is 244 g/mol. The van der Waals surface area contributed by atoms with Crippen molar-refractivity contribution in [1.82, 2.24) is 5.32 Å². The Hall–Kier alpha value is -1.02. The summed E-state index contributed by atoms with van der Waals surface area (Å²) in [5.41, 5.74) is 3.27. The van der Waals surface area contributed by atoms with E-state index in [9.17, 15) is 0 Å². The van der Waals surface area contributed by atoms with Gasteiger partial charge in [-0.1, -0.05) is 25.1 Å². The van der Waals surface area contributed by atoms with Crippen molar-refractivity contribution in [3.63, 3.8) is 0 Å². The molecule has 0 radical (unpaired) electrons. The SMILES string of the molecule is CCc1ccccc1N1CCNC(C)(C2CC2)C1. The Labute approximate surface area is 110 Å². The highest BCUT2D eigenvalue weighted by Crippen LogP contribution is 2.41. The van der Waals surface area contributed by atoms with Crippen LogP contribution in [-0.2, 0) is 6.42 Å². The molecule has 2 aliphatic rings. The van der Waals surface area contributed by atoms with Gasteiger partial charge in [0.25, 0.3) is 0 Å². The fraction of sp³-hybridized carbons (Fsp3) is 0.625. The van der Waals surface area contributed by atoms with Crippen LogP contribution in [0, 0.1) is 5.92 Å². The zero-order valence-corrected chi connectivity index (χ0v) is 11.6. The monoisotopic (exact) mass is 244 g/mol. The van der Waals surface area contributed by atoms with Crippen LogP contribution in [0.4, 0.5) is 5.69 Å². The molecule has 1 saturated heterocycles. The fourth-order valence-electron chi connectivity index (χ4n) is 3.33. The van der Waals surface area contributed by atoms with Gasteiger partial charge >= 0.3 is 0 Å². The Balaban J connectivity index is 1.83. The van der Waals surface area contributed by atoms with Crippen LogP contribution < -0.4 is 10.2 Å². The van der Waals surface area contributed by atoms with Crippen LogP contribution in [0.2, 0.25) is 0 Å². The molecule has 18 heavy (non-hydrogen) atoms. The van der Waals surface area contributed by atoms with E-state index in [4.69, 9.17) is 0 Å². The number of anilines is 1. The first kappa shape index (κ1) is 12.0. The van der Waals surface area contributed by atoms with E-state index in [1.165, 1.54) is 24.1 Å². The third-order valence-electron chi connectivity index (χ3n) is 4.62. The molecule has 0 amide bonds. The minimum atomic E-state index is 0.332. The Morgan fingerprint density at radius 3 is 2.83 bits per heavy atom. The molecule has 1 aromatic rings. The van der Waals surface area contributed by atoms with Gasteiger partial charge in [-0.15, -0.1) is 0 Å². The van der Waals surface area contributed by atoms with Crippen molar-refractivity contribution in [2.24, 2.45) is 5.92 Å². The molecule has 1 saturated carbocycles. The summed E-state index contributed by atoms with van der Waals surface area (Å²) in [6.45, 7) is 8.07. The van der Waals surface area contributed by atoms with Crippen LogP contribution in [0.5, 0.6) is 0 Å². The van der Waals surface area contributed by atoms with E-state index in [0.29, 0.717) is 5.54 Å². The van der Waals surface area contributed by atoms with Gasteiger partial charge in [-0.3, -0.25) is 0 Å². The first-order valence-corrected chi connectivity index (χ1v) is 7.31. The van der Waals surface area contributed by atoms with Crippen LogP contribution in [-0.4, -0.2) is 25.2 Å². The second-order valence-corrected chi connectivity index (χ2v) is 6.02. The lowest BCUT2D eigenvalue weighted by atomic mass is 9.92. The van der Waals surface area contributed by atoms with Gasteiger partial charge < -0.3 is 10.2 Å². The second-order valence-electron chi connectivity index (χ2n) is 6.02. The molecule has 2 nitrogen and oxygen atoms in total.